The second-order valence-corrected chi connectivity index (χ2v) is 6.36. The Kier molecular flexibility index (Phi) is 7.24. The maximum atomic E-state index is 11.6. The molecule has 0 fully saturated rings. The Bertz CT molecular complexity index is 699. The number of nitrogens with two attached hydrogens (primary N) is 3. The molecule has 0 saturated heterocycles. The highest BCUT2D eigenvalue weighted by molar-refractivity contribution is 7.81. The average molecular weight is 365 g/mol. The van der Waals surface area contributed by atoms with Gasteiger partial charge < -0.3 is 27.8 Å². The fraction of sp³-hybridized carbons (Fsp3) is 0.400. The second-order valence-electron chi connectivity index (χ2n) is 5.92. The van der Waals surface area contributed by atoms with Gasteiger partial charge in [-0.3, -0.25) is 9.59 Å². The van der Waals surface area contributed by atoms with Gasteiger partial charge in [0.25, 0.3) is 5.91 Å². The molecule has 1 aromatic heterocycles. The number of nitrogens with zero attached hydrogens (tertiary/aromatic N) is 2. The van der Waals surface area contributed by atoms with Gasteiger partial charge in [0.1, 0.15) is 16.8 Å². The van der Waals surface area contributed by atoms with E-state index in [4.69, 9.17) is 29.4 Å². The van der Waals surface area contributed by atoms with Gasteiger partial charge in [0.15, 0.2) is 11.5 Å². The van der Waals surface area contributed by atoms with Crippen molar-refractivity contribution in [3.05, 3.63) is 23.7 Å². The number of nitrogens with one attached hydrogen (secondary N) is 2. The van der Waals surface area contributed by atoms with Crippen molar-refractivity contribution in [1.29, 1.82) is 0 Å². The molecule has 136 valence electrons. The second kappa shape index (κ2) is 8.92. The van der Waals surface area contributed by atoms with Crippen LogP contribution in [0.5, 0.6) is 0 Å². The third kappa shape index (κ3) is 6.71. The first-order chi connectivity index (χ1) is 11.6. The smallest absolute Gasteiger partial charge is 0.271 e. The van der Waals surface area contributed by atoms with Crippen molar-refractivity contribution in [2.24, 2.45) is 23.1 Å². The first-order valence-electron chi connectivity index (χ1n) is 7.57. The van der Waals surface area contributed by atoms with Gasteiger partial charge in [-0.25, -0.2) is 9.97 Å². The van der Waals surface area contributed by atoms with Crippen LogP contribution in [0.15, 0.2) is 18.0 Å². The maximum absolute atomic E-state index is 11.6. The number of carbonyl (C=O) groups is 2. The average Bonchev–Trinajstić information content (AvgIpc) is 2.44. The molecular formula is C15H23N7O2S. The van der Waals surface area contributed by atoms with E-state index in [1.165, 1.54) is 12.3 Å². The number of anilines is 2. The third-order valence-corrected chi connectivity index (χ3v) is 3.20. The van der Waals surface area contributed by atoms with Gasteiger partial charge in [-0.15, -0.1) is 0 Å². The Labute approximate surface area is 151 Å². The molecule has 0 aliphatic heterocycles. The summed E-state index contributed by atoms with van der Waals surface area (Å²) in [7, 11) is 0. The van der Waals surface area contributed by atoms with Crippen molar-refractivity contribution in [1.82, 2.24) is 9.97 Å². The Morgan fingerprint density at radius 3 is 2.44 bits per heavy atom. The van der Waals surface area contributed by atoms with Crippen LogP contribution in [0.1, 0.15) is 37.7 Å². The van der Waals surface area contributed by atoms with E-state index in [1.807, 2.05) is 13.8 Å². The Balaban J connectivity index is 3.12. The Hall–Kier alpha value is -2.75. The normalized spacial score (nSPS) is 12.6. The molecule has 0 unspecified atom stereocenters. The number of amides is 2. The highest BCUT2D eigenvalue weighted by Gasteiger charge is 2.19. The molecule has 0 bridgehead atoms. The van der Waals surface area contributed by atoms with Crippen LogP contribution in [0.3, 0.4) is 0 Å². The van der Waals surface area contributed by atoms with Gasteiger partial charge in [-0.2, -0.15) is 0 Å². The van der Waals surface area contributed by atoms with Gasteiger partial charge in [0.05, 0.1) is 6.20 Å². The number of carbonyl (C=O) groups excluding carboxylic acids is 2. The van der Waals surface area contributed by atoms with Crippen LogP contribution in [0, 0.1) is 5.92 Å². The van der Waals surface area contributed by atoms with E-state index in [0.29, 0.717) is 12.1 Å². The van der Waals surface area contributed by atoms with E-state index in [9.17, 15) is 9.59 Å². The number of rotatable bonds is 8. The predicted molar refractivity (Wildman–Crippen MR) is 101 cm³/mol. The molecule has 0 saturated carbocycles. The lowest BCUT2D eigenvalue weighted by Crippen LogP contribution is -2.37. The van der Waals surface area contributed by atoms with Crippen LogP contribution in [0.4, 0.5) is 11.6 Å². The summed E-state index contributed by atoms with van der Waals surface area (Å²) in [6.07, 6.45) is 3.31. The first-order valence-corrected chi connectivity index (χ1v) is 7.98. The van der Waals surface area contributed by atoms with Gasteiger partial charge in [0, 0.05) is 5.70 Å². The molecule has 2 amide bonds. The minimum Gasteiger partial charge on any atom is -0.402 e. The molecule has 8 N–H and O–H groups in total. The molecule has 0 aromatic carbocycles. The number of primary amides is 2. The van der Waals surface area contributed by atoms with Crippen LogP contribution in [0.2, 0.25) is 0 Å². The highest BCUT2D eigenvalue weighted by atomic mass is 32.1. The van der Waals surface area contributed by atoms with Crippen molar-refractivity contribution >= 4 is 40.7 Å². The third-order valence-electron chi connectivity index (χ3n) is 2.98. The summed E-state index contributed by atoms with van der Waals surface area (Å²) in [6.45, 7) is 5.59. The standard InChI is InChI=1S/C15H23N7O2S/c1-7(2)4-9(13(17)23)20-10-6-19-12(14(18)24)15(21-10)22-11(25)5-8(3)16/h5-7,9H,4,16H2,1-3H3,(H2,17,23)(H2,18,24)(H2,20,21,22,25)/t9-/m1/s1. The lowest BCUT2D eigenvalue weighted by Gasteiger charge is -2.18. The molecule has 1 heterocycles. The van der Waals surface area contributed by atoms with Gasteiger partial charge in [0.2, 0.25) is 5.91 Å². The zero-order chi connectivity index (χ0) is 19.1. The maximum Gasteiger partial charge on any atom is 0.271 e. The monoisotopic (exact) mass is 365 g/mol. The van der Waals surface area contributed by atoms with Crippen LogP contribution in [0.25, 0.3) is 0 Å². The van der Waals surface area contributed by atoms with Crippen LogP contribution < -0.4 is 27.8 Å². The van der Waals surface area contributed by atoms with Crippen LogP contribution in [-0.4, -0.2) is 32.8 Å². The zero-order valence-corrected chi connectivity index (χ0v) is 15.2. The van der Waals surface area contributed by atoms with E-state index in [1.54, 1.807) is 6.92 Å². The lowest BCUT2D eigenvalue weighted by atomic mass is 10.0. The fourth-order valence-electron chi connectivity index (χ4n) is 1.98. The van der Waals surface area contributed by atoms with Crippen LogP contribution >= 0.6 is 12.2 Å². The van der Waals surface area contributed by atoms with E-state index < -0.39 is 17.9 Å². The SMILES string of the molecule is CC(N)=CC(=S)Nc1nc(N[C@H](CC(C)C)C(N)=O)cnc1C(N)=O. The summed E-state index contributed by atoms with van der Waals surface area (Å²) >= 11 is 5.11. The quantitative estimate of drug-likeness (QED) is 0.328. The highest BCUT2D eigenvalue weighted by Crippen LogP contribution is 2.16. The lowest BCUT2D eigenvalue weighted by molar-refractivity contribution is -0.119. The topological polar surface area (TPSA) is 162 Å². The van der Waals surface area contributed by atoms with Crippen molar-refractivity contribution in [2.45, 2.75) is 33.2 Å². The number of aromatic nitrogens is 2. The molecule has 1 atom stereocenters. The molecule has 9 nitrogen and oxygen atoms in total. The van der Waals surface area contributed by atoms with Crippen molar-refractivity contribution < 1.29 is 9.59 Å². The van der Waals surface area contributed by atoms with Crippen LogP contribution in [-0.2, 0) is 4.79 Å². The summed E-state index contributed by atoms with van der Waals surface area (Å²) in [5.41, 5.74) is 16.7. The van der Waals surface area contributed by atoms with E-state index in [0.717, 1.165) is 0 Å². The van der Waals surface area contributed by atoms with E-state index in [2.05, 4.69) is 20.6 Å². The summed E-state index contributed by atoms with van der Waals surface area (Å²) in [6, 6.07) is -0.625. The van der Waals surface area contributed by atoms with Gasteiger partial charge >= 0.3 is 0 Å². The van der Waals surface area contributed by atoms with Gasteiger partial charge in [-0.05, 0) is 25.3 Å². The molecule has 1 rings (SSSR count). The largest absolute Gasteiger partial charge is 0.402 e. The van der Waals surface area contributed by atoms with Crippen molar-refractivity contribution in [3.8, 4) is 0 Å². The van der Waals surface area contributed by atoms with E-state index in [-0.39, 0.29) is 28.2 Å². The zero-order valence-electron chi connectivity index (χ0n) is 14.4. The first kappa shape index (κ1) is 20.3. The Morgan fingerprint density at radius 1 is 1.32 bits per heavy atom. The molecule has 10 heteroatoms. The fourth-order valence-corrected chi connectivity index (χ4v) is 2.26. The van der Waals surface area contributed by atoms with Crippen molar-refractivity contribution in [2.75, 3.05) is 10.6 Å². The molecular weight excluding hydrogens is 342 g/mol. The van der Waals surface area contributed by atoms with Gasteiger partial charge in [-0.1, -0.05) is 26.1 Å². The number of hydrogen-bond donors (Lipinski definition) is 5. The molecule has 1 aromatic rings. The minimum absolute atomic E-state index is 0.0627. The van der Waals surface area contributed by atoms with Crippen molar-refractivity contribution in [3.63, 3.8) is 0 Å². The Morgan fingerprint density at radius 2 is 1.96 bits per heavy atom. The number of thiocarbonyl (C=S) groups is 1. The molecule has 25 heavy (non-hydrogen) atoms. The molecule has 0 radical (unpaired) electrons. The summed E-state index contributed by atoms with van der Waals surface area (Å²) in [5.74, 6) is -0.723. The minimum atomic E-state index is -0.772. The number of allylic oxidation sites excluding steroid dienone is 1. The number of hydrogen-bond acceptors (Lipinski definition) is 7. The van der Waals surface area contributed by atoms with E-state index >= 15 is 0 Å². The summed E-state index contributed by atoms with van der Waals surface area (Å²) in [4.78, 5) is 31.5. The predicted octanol–water partition coefficient (Wildman–Crippen LogP) is 0.489. The summed E-state index contributed by atoms with van der Waals surface area (Å²) < 4.78 is 0. The molecule has 0 aliphatic carbocycles. The summed E-state index contributed by atoms with van der Waals surface area (Å²) in [5, 5.41) is 5.66. The molecule has 0 aliphatic rings. The molecule has 0 spiro atoms.